The van der Waals surface area contributed by atoms with Crippen LogP contribution in [0.2, 0.25) is 0 Å². The molecule has 2 aromatic rings. The first-order chi connectivity index (χ1) is 11.7. The third kappa shape index (κ3) is 2.91. The molecule has 1 aromatic heterocycles. The second kappa shape index (κ2) is 6.52. The maximum Gasteiger partial charge on any atom is 0.222 e. The van der Waals surface area contributed by atoms with E-state index in [1.165, 1.54) is 37.1 Å². The molecule has 3 aliphatic heterocycles. The van der Waals surface area contributed by atoms with Crippen LogP contribution in [-0.4, -0.2) is 40.0 Å². The van der Waals surface area contributed by atoms with Crippen LogP contribution in [0.3, 0.4) is 0 Å². The quantitative estimate of drug-likeness (QED) is 0.934. The minimum absolute atomic E-state index is 0.474. The van der Waals surface area contributed by atoms with Crippen molar-refractivity contribution in [3.63, 3.8) is 0 Å². The Bertz CT molecular complexity index is 670. The van der Waals surface area contributed by atoms with Gasteiger partial charge < -0.3 is 5.32 Å². The summed E-state index contributed by atoms with van der Waals surface area (Å²) in [6.45, 7) is 7.00. The summed E-state index contributed by atoms with van der Waals surface area (Å²) in [5.74, 6) is 1.52. The maximum atomic E-state index is 4.57. The topological polar surface area (TPSA) is 41.1 Å². The van der Waals surface area contributed by atoms with Gasteiger partial charge in [0.25, 0.3) is 0 Å². The van der Waals surface area contributed by atoms with E-state index in [0.717, 1.165) is 23.9 Å². The third-order valence-corrected chi connectivity index (χ3v) is 5.82. The highest BCUT2D eigenvalue weighted by Gasteiger charge is 2.39. The molecule has 126 valence electrons. The highest BCUT2D eigenvalue weighted by molar-refractivity contribution is 5.62. The Balaban J connectivity index is 1.47. The number of piperidine rings is 3. The second-order valence-electron chi connectivity index (χ2n) is 7.13. The van der Waals surface area contributed by atoms with Crippen LogP contribution in [0.25, 0.3) is 11.1 Å². The Morgan fingerprint density at radius 1 is 1.04 bits per heavy atom. The van der Waals surface area contributed by atoms with Gasteiger partial charge in [-0.3, -0.25) is 4.90 Å². The number of nitrogens with zero attached hydrogens (tertiary/aromatic N) is 3. The summed E-state index contributed by atoms with van der Waals surface area (Å²) in [5, 5.41) is 3.60. The molecule has 0 spiro atoms. The highest BCUT2D eigenvalue weighted by atomic mass is 15.2. The average Bonchev–Trinajstić information content (AvgIpc) is 2.66. The number of benzene rings is 1. The van der Waals surface area contributed by atoms with Gasteiger partial charge in [-0.15, -0.1) is 0 Å². The predicted octanol–water partition coefficient (Wildman–Crippen LogP) is 3.60. The molecule has 5 rings (SSSR count). The van der Waals surface area contributed by atoms with Gasteiger partial charge in [-0.25, -0.2) is 9.97 Å². The van der Waals surface area contributed by atoms with Crippen LogP contribution < -0.4 is 5.32 Å². The number of hydrogen-bond acceptors (Lipinski definition) is 4. The van der Waals surface area contributed by atoms with Crippen molar-refractivity contribution in [2.75, 3.05) is 18.4 Å². The smallest absolute Gasteiger partial charge is 0.222 e. The fourth-order valence-corrected chi connectivity index (χ4v) is 4.18. The van der Waals surface area contributed by atoms with E-state index in [0.29, 0.717) is 12.1 Å². The molecule has 3 aliphatic rings. The Labute approximate surface area is 144 Å². The van der Waals surface area contributed by atoms with Gasteiger partial charge in [-0.05, 0) is 56.3 Å². The van der Waals surface area contributed by atoms with Crippen LogP contribution in [-0.2, 0) is 6.42 Å². The summed E-state index contributed by atoms with van der Waals surface area (Å²) < 4.78 is 0. The van der Waals surface area contributed by atoms with Crippen molar-refractivity contribution < 1.29 is 0 Å². The molecule has 4 heterocycles. The van der Waals surface area contributed by atoms with E-state index in [-0.39, 0.29) is 0 Å². The molecular weight excluding hydrogens is 296 g/mol. The Hall–Kier alpha value is -1.94. The Morgan fingerprint density at radius 2 is 1.71 bits per heavy atom. The summed E-state index contributed by atoms with van der Waals surface area (Å²) in [4.78, 5) is 11.7. The Kier molecular flexibility index (Phi) is 4.23. The van der Waals surface area contributed by atoms with Gasteiger partial charge in [-0.2, -0.15) is 0 Å². The van der Waals surface area contributed by atoms with Crippen molar-refractivity contribution in [2.45, 2.75) is 45.2 Å². The highest BCUT2D eigenvalue weighted by Crippen LogP contribution is 2.33. The molecule has 1 aromatic carbocycles. The van der Waals surface area contributed by atoms with Crippen molar-refractivity contribution in [1.82, 2.24) is 14.9 Å². The summed E-state index contributed by atoms with van der Waals surface area (Å²) in [5.41, 5.74) is 3.61. The number of fused-ring (bicyclic) bond motifs is 3. The predicted molar refractivity (Wildman–Crippen MR) is 98.0 cm³/mol. The van der Waals surface area contributed by atoms with E-state index >= 15 is 0 Å². The van der Waals surface area contributed by atoms with Crippen LogP contribution in [0.1, 0.15) is 32.3 Å². The number of hydrogen-bond donors (Lipinski definition) is 1. The van der Waals surface area contributed by atoms with Crippen molar-refractivity contribution in [1.29, 1.82) is 0 Å². The van der Waals surface area contributed by atoms with Gasteiger partial charge in [-0.1, -0.05) is 31.2 Å². The standard InChI is InChI=1S/C20H26N4/c1-3-15-4-6-16(7-5-15)18-12-21-20(22-13-18)23-19-14(2)24-10-8-17(19)9-11-24/h4-7,12-14,17,19H,3,8-11H2,1-2H3,(H,21,22,23)/t14-,19-/m1/s1. The fraction of sp³-hybridized carbons (Fsp3) is 0.500. The van der Waals surface area contributed by atoms with Gasteiger partial charge in [0.05, 0.1) is 0 Å². The molecule has 0 aliphatic carbocycles. The van der Waals surface area contributed by atoms with Gasteiger partial charge >= 0.3 is 0 Å². The maximum absolute atomic E-state index is 4.57. The SMILES string of the molecule is CCc1ccc(-c2cnc(N[C@H]3C4CCN(CC4)[C@@H]3C)nc2)cc1. The third-order valence-electron chi connectivity index (χ3n) is 5.82. The summed E-state index contributed by atoms with van der Waals surface area (Å²) in [7, 11) is 0. The Morgan fingerprint density at radius 3 is 2.29 bits per heavy atom. The van der Waals surface area contributed by atoms with Crippen molar-refractivity contribution in [3.8, 4) is 11.1 Å². The van der Waals surface area contributed by atoms with Crippen LogP contribution >= 0.6 is 0 Å². The number of rotatable bonds is 4. The molecule has 0 saturated carbocycles. The first-order valence-electron chi connectivity index (χ1n) is 9.16. The average molecular weight is 322 g/mol. The lowest BCUT2D eigenvalue weighted by molar-refractivity contribution is 0.0455. The van der Waals surface area contributed by atoms with Crippen LogP contribution in [0, 0.1) is 5.92 Å². The first kappa shape index (κ1) is 15.6. The first-order valence-corrected chi connectivity index (χ1v) is 9.16. The largest absolute Gasteiger partial charge is 0.350 e. The van der Waals surface area contributed by atoms with E-state index in [4.69, 9.17) is 0 Å². The number of nitrogens with one attached hydrogen (secondary N) is 1. The molecule has 2 bridgehead atoms. The molecule has 4 nitrogen and oxygen atoms in total. The van der Waals surface area contributed by atoms with Gasteiger partial charge in [0.2, 0.25) is 5.95 Å². The molecule has 3 fully saturated rings. The summed E-state index contributed by atoms with van der Waals surface area (Å²) in [6.07, 6.45) is 7.52. The molecule has 1 N–H and O–H groups in total. The zero-order chi connectivity index (χ0) is 16.5. The van der Waals surface area contributed by atoms with E-state index < -0.39 is 0 Å². The zero-order valence-corrected chi connectivity index (χ0v) is 14.6. The molecule has 3 saturated heterocycles. The van der Waals surface area contributed by atoms with Crippen LogP contribution in [0.15, 0.2) is 36.7 Å². The number of aromatic nitrogens is 2. The van der Waals surface area contributed by atoms with E-state index in [9.17, 15) is 0 Å². The molecule has 0 radical (unpaired) electrons. The molecule has 4 heteroatoms. The summed E-state index contributed by atoms with van der Waals surface area (Å²) >= 11 is 0. The minimum atomic E-state index is 0.474. The molecular formula is C20H26N4. The van der Waals surface area contributed by atoms with E-state index in [1.54, 1.807) is 0 Å². The second-order valence-corrected chi connectivity index (χ2v) is 7.13. The lowest BCUT2D eigenvalue weighted by Gasteiger charge is -2.49. The van der Waals surface area contributed by atoms with Crippen molar-refractivity contribution >= 4 is 5.95 Å². The van der Waals surface area contributed by atoms with Crippen LogP contribution in [0.5, 0.6) is 0 Å². The monoisotopic (exact) mass is 322 g/mol. The van der Waals surface area contributed by atoms with Gasteiger partial charge in [0.1, 0.15) is 0 Å². The number of anilines is 1. The van der Waals surface area contributed by atoms with Crippen LogP contribution in [0.4, 0.5) is 5.95 Å². The minimum Gasteiger partial charge on any atom is -0.350 e. The lowest BCUT2D eigenvalue weighted by Crippen LogP contribution is -2.59. The molecule has 24 heavy (non-hydrogen) atoms. The summed E-state index contributed by atoms with van der Waals surface area (Å²) in [6, 6.07) is 9.71. The normalized spacial score (nSPS) is 28.8. The zero-order valence-electron chi connectivity index (χ0n) is 14.6. The fourth-order valence-electron chi connectivity index (χ4n) is 4.18. The van der Waals surface area contributed by atoms with Crippen molar-refractivity contribution in [2.24, 2.45) is 5.92 Å². The van der Waals surface area contributed by atoms with Gasteiger partial charge in [0, 0.05) is 30.0 Å². The molecule has 0 amide bonds. The molecule has 0 unspecified atom stereocenters. The molecule has 2 atom stereocenters. The number of aryl methyl sites for hydroxylation is 1. The van der Waals surface area contributed by atoms with Gasteiger partial charge in [0.15, 0.2) is 0 Å². The lowest BCUT2D eigenvalue weighted by atomic mass is 9.79. The van der Waals surface area contributed by atoms with Crippen molar-refractivity contribution in [3.05, 3.63) is 42.2 Å². The van der Waals surface area contributed by atoms with E-state index in [1.807, 2.05) is 12.4 Å². The van der Waals surface area contributed by atoms with E-state index in [2.05, 4.69) is 58.3 Å².